The molecule has 2 amide bonds. The molecule has 34 heavy (non-hydrogen) atoms. The van der Waals surface area contributed by atoms with Gasteiger partial charge in [-0.15, -0.1) is 0 Å². The molecule has 0 radical (unpaired) electrons. The summed E-state index contributed by atoms with van der Waals surface area (Å²) in [4.78, 5) is 48.5. The Bertz CT molecular complexity index is 1100. The quantitative estimate of drug-likeness (QED) is 0.613. The minimum absolute atomic E-state index is 0.00668. The highest BCUT2D eigenvalue weighted by atomic mass is 16.5. The fourth-order valence-corrected chi connectivity index (χ4v) is 3.76. The number of methoxy groups -OCH3 is 3. The SMILES string of the molecule is COc1cc(C(=O)N2CCN(C(=O)c3[nH]c(=O)c(CC(C)C)nc3OC)CC2)cc(OC)c1O. The molecule has 0 aliphatic carbocycles. The maximum absolute atomic E-state index is 13.1. The van der Waals surface area contributed by atoms with Gasteiger partial charge < -0.3 is 34.1 Å². The Kier molecular flexibility index (Phi) is 7.64. The van der Waals surface area contributed by atoms with Crippen LogP contribution in [0.15, 0.2) is 16.9 Å². The second-order valence-corrected chi connectivity index (χ2v) is 8.31. The number of hydrogen-bond acceptors (Lipinski definition) is 8. The van der Waals surface area contributed by atoms with Gasteiger partial charge in [0, 0.05) is 31.7 Å². The molecule has 1 aromatic heterocycles. The number of piperazine rings is 1. The maximum atomic E-state index is 13.1. The highest BCUT2D eigenvalue weighted by Crippen LogP contribution is 2.37. The van der Waals surface area contributed by atoms with Gasteiger partial charge in [0.05, 0.1) is 21.3 Å². The van der Waals surface area contributed by atoms with Gasteiger partial charge in [-0.05, 0) is 24.5 Å². The lowest BCUT2D eigenvalue weighted by molar-refractivity contribution is 0.0529. The minimum Gasteiger partial charge on any atom is -0.502 e. The Labute approximate surface area is 197 Å². The molecule has 0 unspecified atom stereocenters. The fraction of sp³-hybridized carbons (Fsp3) is 0.478. The zero-order valence-electron chi connectivity index (χ0n) is 20.0. The Balaban J connectivity index is 1.74. The van der Waals surface area contributed by atoms with Crippen LogP contribution >= 0.6 is 0 Å². The van der Waals surface area contributed by atoms with Crippen molar-refractivity contribution >= 4 is 11.8 Å². The van der Waals surface area contributed by atoms with Crippen LogP contribution in [0.25, 0.3) is 0 Å². The van der Waals surface area contributed by atoms with Crippen molar-refractivity contribution in [2.24, 2.45) is 5.92 Å². The first-order valence-corrected chi connectivity index (χ1v) is 10.9. The zero-order chi connectivity index (χ0) is 25.0. The third-order valence-corrected chi connectivity index (χ3v) is 5.54. The summed E-state index contributed by atoms with van der Waals surface area (Å²) in [5.74, 6) is -0.345. The molecule has 1 aliphatic rings. The number of aromatic amines is 1. The topological polar surface area (TPSA) is 134 Å². The summed E-state index contributed by atoms with van der Waals surface area (Å²) >= 11 is 0. The second kappa shape index (κ2) is 10.4. The van der Waals surface area contributed by atoms with Gasteiger partial charge in [-0.1, -0.05) is 13.8 Å². The van der Waals surface area contributed by atoms with Crippen LogP contribution in [0.5, 0.6) is 23.1 Å². The standard InChI is InChI=1S/C23H30N4O7/c1-13(2)10-15-20(29)25-18(21(24-15)34-5)23(31)27-8-6-26(7-9-27)22(30)14-11-16(32-3)19(28)17(12-14)33-4/h11-13,28H,6-10H2,1-5H3,(H,25,29). The van der Waals surface area contributed by atoms with Crippen LogP contribution < -0.4 is 19.8 Å². The molecule has 2 N–H and O–H groups in total. The van der Waals surface area contributed by atoms with Crippen LogP contribution in [0.4, 0.5) is 0 Å². The number of hydrogen-bond donors (Lipinski definition) is 2. The monoisotopic (exact) mass is 474 g/mol. The zero-order valence-corrected chi connectivity index (χ0v) is 20.0. The summed E-state index contributed by atoms with van der Waals surface area (Å²) in [6.07, 6.45) is 0.466. The van der Waals surface area contributed by atoms with Gasteiger partial charge in [-0.25, -0.2) is 4.98 Å². The van der Waals surface area contributed by atoms with Crippen molar-refractivity contribution in [3.05, 3.63) is 39.4 Å². The average Bonchev–Trinajstić information content (AvgIpc) is 2.84. The molecular weight excluding hydrogens is 444 g/mol. The molecule has 1 aromatic carbocycles. The summed E-state index contributed by atoms with van der Waals surface area (Å²) in [6.45, 7) is 5.02. The van der Waals surface area contributed by atoms with Crippen molar-refractivity contribution in [2.45, 2.75) is 20.3 Å². The highest BCUT2D eigenvalue weighted by Gasteiger charge is 2.29. The number of aromatic nitrogens is 2. The molecule has 1 saturated heterocycles. The van der Waals surface area contributed by atoms with Crippen LogP contribution in [0.3, 0.4) is 0 Å². The number of H-pyrrole nitrogens is 1. The second-order valence-electron chi connectivity index (χ2n) is 8.31. The average molecular weight is 475 g/mol. The van der Waals surface area contributed by atoms with E-state index in [2.05, 4.69) is 9.97 Å². The van der Waals surface area contributed by atoms with Gasteiger partial charge in [-0.2, -0.15) is 0 Å². The van der Waals surface area contributed by atoms with Gasteiger partial charge in [0.15, 0.2) is 17.2 Å². The number of aromatic hydroxyl groups is 1. The number of carbonyl (C=O) groups excluding carboxylic acids is 2. The molecule has 0 spiro atoms. The largest absolute Gasteiger partial charge is 0.502 e. The van der Waals surface area contributed by atoms with E-state index < -0.39 is 11.5 Å². The van der Waals surface area contributed by atoms with Gasteiger partial charge in [0.25, 0.3) is 17.4 Å². The molecule has 0 atom stereocenters. The Hall–Kier alpha value is -3.76. The number of carbonyl (C=O) groups is 2. The van der Waals surface area contributed by atoms with E-state index in [-0.39, 0.29) is 66.8 Å². The van der Waals surface area contributed by atoms with Crippen molar-refractivity contribution in [3.63, 3.8) is 0 Å². The van der Waals surface area contributed by atoms with Gasteiger partial charge in [0.2, 0.25) is 11.6 Å². The van der Waals surface area contributed by atoms with E-state index in [1.165, 1.54) is 33.5 Å². The summed E-state index contributed by atoms with van der Waals surface area (Å²) in [7, 11) is 4.17. The van der Waals surface area contributed by atoms with E-state index in [1.807, 2.05) is 13.8 Å². The predicted octanol–water partition coefficient (Wildman–Crippen LogP) is 1.30. The smallest absolute Gasteiger partial charge is 0.276 e. The molecule has 3 rings (SSSR count). The molecule has 11 heteroatoms. The van der Waals surface area contributed by atoms with Crippen LogP contribution in [0.1, 0.15) is 40.4 Å². The molecule has 2 aromatic rings. The van der Waals surface area contributed by atoms with E-state index in [0.29, 0.717) is 17.7 Å². The summed E-state index contributed by atoms with van der Waals surface area (Å²) in [6, 6.07) is 2.88. The van der Waals surface area contributed by atoms with Gasteiger partial charge >= 0.3 is 0 Å². The van der Waals surface area contributed by atoms with Gasteiger partial charge in [0.1, 0.15) is 5.69 Å². The first kappa shape index (κ1) is 24.9. The van der Waals surface area contributed by atoms with Crippen LogP contribution in [0, 0.1) is 5.92 Å². The van der Waals surface area contributed by atoms with Crippen LogP contribution in [0.2, 0.25) is 0 Å². The Morgan fingerprint density at radius 2 is 1.53 bits per heavy atom. The molecular formula is C23H30N4O7. The van der Waals surface area contributed by atoms with Crippen LogP contribution in [-0.4, -0.2) is 84.2 Å². The Morgan fingerprint density at radius 1 is 1.00 bits per heavy atom. The van der Waals surface area contributed by atoms with Crippen molar-refractivity contribution in [1.82, 2.24) is 19.8 Å². The summed E-state index contributed by atoms with van der Waals surface area (Å²) in [5.41, 5.74) is 0.190. The fourth-order valence-electron chi connectivity index (χ4n) is 3.76. The van der Waals surface area contributed by atoms with Crippen molar-refractivity contribution < 1.29 is 28.9 Å². The first-order chi connectivity index (χ1) is 16.2. The molecule has 0 bridgehead atoms. The van der Waals surface area contributed by atoms with E-state index in [4.69, 9.17) is 14.2 Å². The maximum Gasteiger partial charge on any atom is 0.276 e. The van der Waals surface area contributed by atoms with E-state index in [0.717, 1.165) is 0 Å². The minimum atomic E-state index is -0.419. The highest BCUT2D eigenvalue weighted by molar-refractivity contribution is 5.97. The molecule has 0 saturated carbocycles. The Morgan fingerprint density at radius 3 is 2.00 bits per heavy atom. The molecule has 1 aliphatic heterocycles. The molecule has 2 heterocycles. The number of benzene rings is 1. The van der Waals surface area contributed by atoms with Crippen molar-refractivity contribution in [1.29, 1.82) is 0 Å². The van der Waals surface area contributed by atoms with Crippen molar-refractivity contribution in [3.8, 4) is 23.1 Å². The molecule has 11 nitrogen and oxygen atoms in total. The van der Waals surface area contributed by atoms with E-state index in [9.17, 15) is 19.5 Å². The number of rotatable bonds is 7. The summed E-state index contributed by atoms with van der Waals surface area (Å²) < 4.78 is 15.5. The van der Waals surface area contributed by atoms with Gasteiger partial charge in [-0.3, -0.25) is 14.4 Å². The van der Waals surface area contributed by atoms with Crippen molar-refractivity contribution in [2.75, 3.05) is 47.5 Å². The lowest BCUT2D eigenvalue weighted by Gasteiger charge is -2.35. The number of ether oxygens (including phenoxy) is 3. The number of nitrogens with zero attached hydrogens (tertiary/aromatic N) is 3. The first-order valence-electron chi connectivity index (χ1n) is 10.9. The van der Waals surface area contributed by atoms with E-state index >= 15 is 0 Å². The normalized spacial score (nSPS) is 13.7. The third kappa shape index (κ3) is 5.08. The number of phenolic OH excluding ortho intramolecular Hbond substituents is 1. The predicted molar refractivity (Wildman–Crippen MR) is 123 cm³/mol. The third-order valence-electron chi connectivity index (χ3n) is 5.54. The molecule has 184 valence electrons. The van der Waals surface area contributed by atoms with Crippen LogP contribution in [-0.2, 0) is 6.42 Å². The number of phenols is 1. The summed E-state index contributed by atoms with van der Waals surface area (Å²) in [5, 5.41) is 10.1. The number of amides is 2. The lowest BCUT2D eigenvalue weighted by atomic mass is 10.1. The van der Waals surface area contributed by atoms with E-state index in [1.54, 1.807) is 9.80 Å². The lowest BCUT2D eigenvalue weighted by Crippen LogP contribution is -2.51. The number of nitrogens with one attached hydrogen (secondary N) is 1. The molecule has 1 fully saturated rings.